The van der Waals surface area contributed by atoms with Gasteiger partial charge in [0.05, 0.1) is 20.0 Å². The second-order valence-corrected chi connectivity index (χ2v) is 11.3. The first-order valence-electron chi connectivity index (χ1n) is 12.4. The van der Waals surface area contributed by atoms with Crippen LogP contribution in [0.15, 0.2) is 43.0 Å². The number of aliphatic hydroxyl groups is 1. The first kappa shape index (κ1) is 27.4. The molecule has 2 fully saturated rings. The summed E-state index contributed by atoms with van der Waals surface area (Å²) >= 11 is 0. The number of halogens is 1. The van der Waals surface area contributed by atoms with E-state index in [9.17, 15) is 14.5 Å². The van der Waals surface area contributed by atoms with Crippen LogP contribution in [-0.4, -0.2) is 81.3 Å². The first-order valence-corrected chi connectivity index (χ1v) is 14.0. The maximum absolute atomic E-state index is 16.0. The number of methoxy groups -OCH3 is 1. The summed E-state index contributed by atoms with van der Waals surface area (Å²) in [6, 6.07) is 7.12. The van der Waals surface area contributed by atoms with Crippen molar-refractivity contribution in [2.75, 3.05) is 31.7 Å². The number of ether oxygens (including phenoxy) is 2. The van der Waals surface area contributed by atoms with Crippen molar-refractivity contribution < 1.29 is 37.4 Å². The van der Waals surface area contributed by atoms with Crippen LogP contribution in [0.1, 0.15) is 26.5 Å². The number of benzene rings is 1. The zero-order valence-electron chi connectivity index (χ0n) is 21.6. The molecule has 0 radical (unpaired) electrons. The summed E-state index contributed by atoms with van der Waals surface area (Å²) in [5.41, 5.74) is -1.45. The number of carbonyl (C=O) groups is 1. The lowest BCUT2D eigenvalue weighted by Gasteiger charge is -2.31. The lowest BCUT2D eigenvalue weighted by Crippen LogP contribution is -2.41. The Balaban J connectivity index is 1.36. The third kappa shape index (κ3) is 5.35. The van der Waals surface area contributed by atoms with E-state index in [0.29, 0.717) is 17.0 Å². The first-order chi connectivity index (χ1) is 18.6. The maximum Gasteiger partial charge on any atom is 0.459 e. The Morgan fingerprint density at radius 3 is 2.72 bits per heavy atom. The smallest absolute Gasteiger partial charge is 0.459 e. The van der Waals surface area contributed by atoms with Crippen LogP contribution in [0.25, 0.3) is 11.2 Å². The van der Waals surface area contributed by atoms with Crippen molar-refractivity contribution in [1.82, 2.24) is 24.6 Å². The number of rotatable bonds is 10. The molecule has 0 spiro atoms. The third-order valence-electron chi connectivity index (χ3n) is 6.75. The largest absolute Gasteiger partial charge is 0.468 e. The maximum atomic E-state index is 16.0. The van der Waals surface area contributed by atoms with Gasteiger partial charge in [0.2, 0.25) is 0 Å². The Bertz CT molecular complexity index is 1370. The van der Waals surface area contributed by atoms with Crippen molar-refractivity contribution in [2.24, 2.45) is 0 Å². The molecular formula is C24H30FN6O7P. The van der Waals surface area contributed by atoms with E-state index < -0.39 is 50.5 Å². The van der Waals surface area contributed by atoms with Crippen molar-refractivity contribution in [2.45, 2.75) is 50.4 Å². The number of fused-ring (bicyclic) bond motifs is 1. The van der Waals surface area contributed by atoms with Crippen LogP contribution in [0, 0.1) is 0 Å². The Morgan fingerprint density at radius 2 is 2.05 bits per heavy atom. The second-order valence-electron chi connectivity index (χ2n) is 9.56. The summed E-state index contributed by atoms with van der Waals surface area (Å²) in [5, 5.41) is 13.4. The van der Waals surface area contributed by atoms with Crippen molar-refractivity contribution in [3.63, 3.8) is 0 Å². The average Bonchev–Trinajstić information content (AvgIpc) is 3.40. The van der Waals surface area contributed by atoms with E-state index in [0.717, 1.165) is 19.5 Å². The van der Waals surface area contributed by atoms with Gasteiger partial charge in [-0.3, -0.25) is 13.9 Å². The van der Waals surface area contributed by atoms with Crippen LogP contribution in [0.4, 0.5) is 10.2 Å². The van der Waals surface area contributed by atoms with Crippen molar-refractivity contribution in [1.29, 1.82) is 0 Å². The number of aromatic nitrogens is 4. The number of hydrogen-bond acceptors (Lipinski definition) is 11. The van der Waals surface area contributed by atoms with Crippen molar-refractivity contribution in [3.05, 3.63) is 43.0 Å². The summed E-state index contributed by atoms with van der Waals surface area (Å²) in [4.78, 5) is 27.0. The van der Waals surface area contributed by atoms with E-state index in [4.69, 9.17) is 13.8 Å². The highest BCUT2D eigenvalue weighted by atomic mass is 31.2. The lowest BCUT2D eigenvalue weighted by molar-refractivity contribution is -0.142. The number of para-hydroxylation sites is 1. The molecule has 2 aliphatic rings. The molecule has 2 N–H and O–H groups in total. The molecule has 6 atom stereocenters. The predicted octanol–water partition coefficient (Wildman–Crippen LogP) is 2.38. The van der Waals surface area contributed by atoms with Gasteiger partial charge < -0.3 is 24.0 Å². The minimum Gasteiger partial charge on any atom is -0.468 e. The van der Waals surface area contributed by atoms with Crippen LogP contribution >= 0.6 is 7.75 Å². The van der Waals surface area contributed by atoms with E-state index >= 15 is 4.39 Å². The van der Waals surface area contributed by atoms with Gasteiger partial charge in [0.25, 0.3) is 0 Å². The van der Waals surface area contributed by atoms with Gasteiger partial charge >= 0.3 is 13.7 Å². The fourth-order valence-electron chi connectivity index (χ4n) is 4.47. The molecule has 0 aliphatic carbocycles. The van der Waals surface area contributed by atoms with Crippen LogP contribution in [0.3, 0.4) is 0 Å². The van der Waals surface area contributed by atoms with Gasteiger partial charge in [-0.25, -0.2) is 23.9 Å². The molecule has 1 aromatic carbocycles. The quantitative estimate of drug-likeness (QED) is 0.275. The standard InChI is InChI=1S/C24H30FN6O7P/c1-15(22(33)35-3)29-39(34,38-16-8-5-4-6-9-16)36-12-17-19(32)24(2,25)23(37-17)31-14-28-18-20(30-10-7-11-30)26-13-27-21(18)31/h4-6,8-9,13-15,17,19,23,32H,7,10-12H2,1-3H3,(H,29,34)/t15-,17+,19+,23+,24?,39?/m0/s1. The minimum atomic E-state index is -4.23. The molecule has 0 saturated carbocycles. The molecule has 15 heteroatoms. The fraction of sp³-hybridized carbons (Fsp3) is 0.500. The number of anilines is 1. The summed E-state index contributed by atoms with van der Waals surface area (Å²) < 4.78 is 52.7. The van der Waals surface area contributed by atoms with Gasteiger partial charge in [0.1, 0.15) is 30.3 Å². The predicted molar refractivity (Wildman–Crippen MR) is 137 cm³/mol. The number of carbonyl (C=O) groups excluding carboxylic acids is 1. The topological polar surface area (TPSA) is 150 Å². The molecule has 5 rings (SSSR count). The van der Waals surface area contributed by atoms with Crippen LogP contribution in [0.5, 0.6) is 5.75 Å². The molecule has 210 valence electrons. The van der Waals surface area contributed by atoms with E-state index in [-0.39, 0.29) is 5.75 Å². The van der Waals surface area contributed by atoms with Gasteiger partial charge in [-0.1, -0.05) is 18.2 Å². The zero-order chi connectivity index (χ0) is 27.8. The van der Waals surface area contributed by atoms with Crippen molar-refractivity contribution in [3.8, 4) is 5.75 Å². The minimum absolute atomic E-state index is 0.203. The third-order valence-corrected chi connectivity index (χ3v) is 8.39. The number of nitrogens with zero attached hydrogens (tertiary/aromatic N) is 5. The molecule has 3 aromatic rings. The molecular weight excluding hydrogens is 534 g/mol. The van der Waals surface area contributed by atoms with Gasteiger partial charge in [-0.2, -0.15) is 5.09 Å². The fourth-order valence-corrected chi connectivity index (χ4v) is 5.97. The van der Waals surface area contributed by atoms with Crippen molar-refractivity contribution >= 4 is 30.7 Å². The summed E-state index contributed by atoms with van der Waals surface area (Å²) in [6.07, 6.45) is -0.423. The Morgan fingerprint density at radius 1 is 1.31 bits per heavy atom. The summed E-state index contributed by atoms with van der Waals surface area (Å²) in [5.74, 6) is 0.151. The number of alkyl halides is 1. The van der Waals surface area contributed by atoms with Crippen LogP contribution < -0.4 is 14.5 Å². The molecule has 2 aliphatic heterocycles. The Labute approximate surface area is 223 Å². The lowest BCUT2D eigenvalue weighted by atomic mass is 9.98. The van der Waals surface area contributed by atoms with Crippen LogP contribution in [0.2, 0.25) is 0 Å². The Kier molecular flexibility index (Phi) is 7.57. The number of esters is 1. The van der Waals surface area contributed by atoms with Gasteiger partial charge in [0, 0.05) is 13.1 Å². The molecule has 2 aromatic heterocycles. The van der Waals surface area contributed by atoms with Crippen LogP contribution in [-0.2, 0) is 23.4 Å². The van der Waals surface area contributed by atoms with Gasteiger partial charge in [-0.15, -0.1) is 0 Å². The molecule has 39 heavy (non-hydrogen) atoms. The number of aliphatic hydroxyl groups excluding tert-OH is 1. The SMILES string of the molecule is COC(=O)[C@H](C)NP(=O)(OC[C@H]1O[C@@H](n2cnc3c(N4CCC4)ncnc32)C(C)(F)[C@@H]1O)Oc1ccccc1. The Hall–Kier alpha value is -3.16. The number of imidazole rings is 1. The van der Waals surface area contributed by atoms with E-state index in [1.807, 2.05) is 4.90 Å². The monoisotopic (exact) mass is 564 g/mol. The molecule has 2 unspecified atom stereocenters. The summed E-state index contributed by atoms with van der Waals surface area (Å²) in [7, 11) is -3.04. The number of hydrogen-bond donors (Lipinski definition) is 2. The highest BCUT2D eigenvalue weighted by Crippen LogP contribution is 2.48. The van der Waals surface area contributed by atoms with E-state index in [2.05, 4.69) is 24.8 Å². The molecule has 2 saturated heterocycles. The molecule has 13 nitrogen and oxygen atoms in total. The second kappa shape index (κ2) is 10.8. The van der Waals surface area contributed by atoms with E-state index in [1.165, 1.54) is 38.2 Å². The molecule has 0 amide bonds. The normalized spacial score (nSPS) is 27.1. The average molecular weight is 565 g/mol. The van der Waals surface area contributed by atoms with Gasteiger partial charge in [-0.05, 0) is 32.4 Å². The highest BCUT2D eigenvalue weighted by molar-refractivity contribution is 7.52. The zero-order valence-corrected chi connectivity index (χ0v) is 22.5. The van der Waals surface area contributed by atoms with Gasteiger partial charge in [0.15, 0.2) is 28.9 Å². The number of nitrogens with one attached hydrogen (secondary N) is 1. The summed E-state index contributed by atoms with van der Waals surface area (Å²) in [6.45, 7) is 3.77. The highest BCUT2D eigenvalue weighted by Gasteiger charge is 2.56. The molecule has 0 bridgehead atoms. The molecule has 4 heterocycles. The van der Waals surface area contributed by atoms with E-state index in [1.54, 1.807) is 30.3 Å².